The van der Waals surface area contributed by atoms with Gasteiger partial charge in [-0.3, -0.25) is 0 Å². The predicted molar refractivity (Wildman–Crippen MR) is 233 cm³/mol. The number of hydrogen-bond donors (Lipinski definition) is 0. The highest BCUT2D eigenvalue weighted by molar-refractivity contribution is 8.04. The third kappa shape index (κ3) is 6.58. The van der Waals surface area contributed by atoms with E-state index in [0.717, 1.165) is 0 Å². The summed E-state index contributed by atoms with van der Waals surface area (Å²) in [4.78, 5) is 5.41. The monoisotopic (exact) mass is 768 g/mol. The van der Waals surface area contributed by atoms with E-state index in [1.54, 1.807) is 0 Å². The van der Waals surface area contributed by atoms with Gasteiger partial charge >= 0.3 is 0 Å². The molecule has 0 radical (unpaired) electrons. The largest absolute Gasteiger partial charge is 0.221 e. The van der Waals surface area contributed by atoms with Crippen LogP contribution in [0.3, 0.4) is 0 Å². The minimum Gasteiger partial charge on any atom is -0.0781 e. The average Bonchev–Trinajstić information content (AvgIpc) is 3.87. The molecule has 0 saturated heterocycles. The Morgan fingerprint density at radius 3 is 0.868 bits per heavy atom. The van der Waals surface area contributed by atoms with Gasteiger partial charge in [0.05, 0.1) is 8.42 Å². The molecular weight excluding hydrogens is 737 g/mol. The highest BCUT2D eigenvalue weighted by atomic mass is 32.2. The van der Waals surface area contributed by atoms with E-state index in [1.807, 2.05) is 34.4 Å². The topological polar surface area (TPSA) is 0 Å². The molecule has 0 N–H and O–H groups in total. The summed E-state index contributed by atoms with van der Waals surface area (Å²) >= 11 is 5.77. The Balaban J connectivity index is 1.01. The molecule has 0 aliphatic heterocycles. The number of thiophene rings is 2. The summed E-state index contributed by atoms with van der Waals surface area (Å²) in [5, 5.41) is 10.3. The quantitative estimate of drug-likeness (QED) is 0.139. The van der Waals surface area contributed by atoms with Crippen LogP contribution in [-0.4, -0.2) is 0 Å². The van der Waals surface area contributed by atoms with Gasteiger partial charge in [-0.25, -0.2) is 0 Å². The van der Waals surface area contributed by atoms with Gasteiger partial charge in [-0.1, -0.05) is 131 Å². The van der Waals surface area contributed by atoms with E-state index < -0.39 is 0 Å². The highest BCUT2D eigenvalue weighted by Gasteiger charge is 2.33. The fraction of sp³-hybridized carbons (Fsp3) is 0. The van der Waals surface area contributed by atoms with Crippen LogP contribution in [0, 0.1) is 0 Å². The van der Waals surface area contributed by atoms with E-state index in [0.29, 0.717) is 0 Å². The van der Waals surface area contributed by atoms with Gasteiger partial charge < -0.3 is 0 Å². The summed E-state index contributed by atoms with van der Waals surface area (Å²) in [7, 11) is -0.459. The molecule has 10 rings (SSSR count). The van der Waals surface area contributed by atoms with Gasteiger partial charge in [0.25, 0.3) is 0 Å². The Labute approximate surface area is 327 Å². The maximum atomic E-state index is 2.40. The first-order chi connectivity index (χ1) is 26.2. The average molecular weight is 769 g/mol. The molecule has 53 heavy (non-hydrogen) atoms. The van der Waals surface area contributed by atoms with Crippen molar-refractivity contribution in [2.75, 3.05) is 0 Å². The molecule has 8 aromatic carbocycles. The first-order valence-electron chi connectivity index (χ1n) is 17.5. The second-order valence-electron chi connectivity index (χ2n) is 12.9. The molecule has 0 bridgehead atoms. The number of benzene rings is 8. The second kappa shape index (κ2) is 14.2. The van der Waals surface area contributed by atoms with Gasteiger partial charge in [0, 0.05) is 36.4 Å². The Kier molecular flexibility index (Phi) is 8.83. The van der Waals surface area contributed by atoms with Gasteiger partial charge in [-0.05, 0) is 104 Å². The molecule has 252 valence electrons. The van der Waals surface area contributed by atoms with Crippen molar-refractivity contribution in [1.82, 2.24) is 0 Å². The van der Waals surface area contributed by atoms with Crippen LogP contribution in [0.15, 0.2) is 231 Å². The fourth-order valence-corrected chi connectivity index (χ4v) is 16.3. The number of fused-ring (bicyclic) bond motifs is 4. The van der Waals surface area contributed by atoms with Crippen molar-refractivity contribution in [1.29, 1.82) is 0 Å². The van der Waals surface area contributed by atoms with Gasteiger partial charge in [0.15, 0.2) is 19.6 Å². The molecule has 0 aliphatic rings. The van der Waals surface area contributed by atoms with Crippen molar-refractivity contribution in [2.45, 2.75) is 36.4 Å². The van der Waals surface area contributed by atoms with Crippen LogP contribution in [0.25, 0.3) is 43.1 Å². The third-order valence-corrected chi connectivity index (χ3v) is 18.0. The van der Waals surface area contributed by atoms with E-state index in [1.165, 1.54) is 79.5 Å². The van der Waals surface area contributed by atoms with Crippen molar-refractivity contribution >= 4 is 99.3 Å². The molecule has 0 nitrogen and oxygen atoms in total. The van der Waals surface area contributed by atoms with E-state index >= 15 is 0 Å². The molecule has 0 atom stereocenters. The number of hydrogen-bond acceptors (Lipinski definition) is 3. The molecule has 2 heterocycles. The fourth-order valence-electron chi connectivity index (χ4n) is 6.95. The smallest absolute Gasteiger partial charge is 0.0781 e. The van der Waals surface area contributed by atoms with E-state index in [2.05, 4.69) is 194 Å². The summed E-state index contributed by atoms with van der Waals surface area (Å²) < 4.78 is 5.43. The summed E-state index contributed by atoms with van der Waals surface area (Å²) in [6.07, 6.45) is 0. The normalized spacial score (nSPS) is 11.8. The maximum Gasteiger partial charge on any atom is 0.221 e. The van der Waals surface area contributed by atoms with Crippen molar-refractivity contribution in [3.8, 4) is 0 Å². The lowest BCUT2D eigenvalue weighted by Gasteiger charge is -2.08. The van der Waals surface area contributed by atoms with E-state index in [9.17, 15) is 0 Å². The lowest BCUT2D eigenvalue weighted by Crippen LogP contribution is -2.03. The Morgan fingerprint density at radius 1 is 0.283 bits per heavy atom. The summed E-state index contributed by atoms with van der Waals surface area (Å²) in [6, 6.07) is 72.2. The van der Waals surface area contributed by atoms with Gasteiger partial charge in [0.1, 0.15) is 21.8 Å². The second-order valence-corrected chi connectivity index (χ2v) is 21.2. The molecule has 0 amide bonds. The zero-order valence-corrected chi connectivity index (χ0v) is 32.6. The lowest BCUT2D eigenvalue weighted by molar-refractivity contribution is 1.39. The van der Waals surface area contributed by atoms with Crippen molar-refractivity contribution in [2.24, 2.45) is 0 Å². The summed E-state index contributed by atoms with van der Waals surface area (Å²) in [5.74, 6) is 0. The van der Waals surface area contributed by atoms with Crippen molar-refractivity contribution in [3.63, 3.8) is 0 Å². The van der Waals surface area contributed by atoms with Gasteiger partial charge in [0.2, 0.25) is 8.42 Å². The summed E-state index contributed by atoms with van der Waals surface area (Å²) in [5.41, 5.74) is 0. The van der Waals surface area contributed by atoms with Crippen LogP contribution < -0.4 is 0 Å². The molecule has 5 heteroatoms. The molecule has 0 spiro atoms. The molecule has 0 aliphatic carbocycles. The SMILES string of the molecule is c1ccc2cc([S+](c3ccc4ccccc4c3)c3ccc(Sc4ccc([S+](c5ccc6ccccc6c5)c5ccc6ccccc6c5)s4)s3)ccc2c1. The van der Waals surface area contributed by atoms with Gasteiger partial charge in [-0.15, -0.1) is 0 Å². The van der Waals surface area contributed by atoms with Crippen LogP contribution in [-0.2, 0) is 21.8 Å². The van der Waals surface area contributed by atoms with Crippen molar-refractivity contribution < 1.29 is 0 Å². The number of rotatable bonds is 8. The molecule has 10 aromatic rings. The molecule has 0 unspecified atom stereocenters. The van der Waals surface area contributed by atoms with Crippen molar-refractivity contribution in [3.05, 3.63) is 194 Å². The lowest BCUT2D eigenvalue weighted by atomic mass is 10.1. The zero-order valence-electron chi connectivity index (χ0n) is 28.5. The standard InChI is InChI=1S/C48H32S5/c1-5-13-37-29-41(21-17-33(37)9-1)52(42-22-18-34-10-2-6-14-38(34)30-42)47-27-25-45(50-47)49-46-26-28-48(51-46)53(43-23-19-35-11-3-7-15-39(35)31-43)44-24-20-36-12-4-8-16-40(36)32-44/h1-32H/q+2. The molecular formula is C48H32S5+2. The Hall–Kier alpha value is -4.75. The Bertz CT molecular complexity index is 2560. The highest BCUT2D eigenvalue weighted by Crippen LogP contribution is 2.45. The minimum absolute atomic E-state index is 0.229. The third-order valence-electron chi connectivity index (χ3n) is 9.54. The van der Waals surface area contributed by atoms with E-state index in [4.69, 9.17) is 0 Å². The van der Waals surface area contributed by atoms with Crippen LogP contribution in [0.2, 0.25) is 0 Å². The van der Waals surface area contributed by atoms with Crippen LogP contribution in [0.4, 0.5) is 0 Å². The zero-order chi connectivity index (χ0) is 35.1. The molecule has 0 fully saturated rings. The summed E-state index contributed by atoms with van der Waals surface area (Å²) in [6.45, 7) is 0. The first kappa shape index (κ1) is 32.9. The maximum absolute atomic E-state index is 2.40. The molecule has 2 aromatic heterocycles. The van der Waals surface area contributed by atoms with E-state index in [-0.39, 0.29) is 21.8 Å². The van der Waals surface area contributed by atoms with Crippen LogP contribution in [0.1, 0.15) is 0 Å². The minimum atomic E-state index is -0.229. The first-order valence-corrected chi connectivity index (χ1v) is 22.4. The van der Waals surface area contributed by atoms with Gasteiger partial charge in [-0.2, -0.15) is 0 Å². The van der Waals surface area contributed by atoms with Crippen LogP contribution >= 0.6 is 34.4 Å². The molecule has 0 saturated carbocycles. The predicted octanol–water partition coefficient (Wildman–Crippen LogP) is 14.8. The van der Waals surface area contributed by atoms with Crippen LogP contribution in [0.5, 0.6) is 0 Å². The Morgan fingerprint density at radius 2 is 0.566 bits per heavy atom.